The fraction of sp³-hybridized carbons (Fsp3) is 0.500. The third-order valence-electron chi connectivity index (χ3n) is 3.28. The standard InChI is InChI=1S/C14H19BrN4O/c1-14(2,7-8-16)6-5-11-18-13(19-20-11)12-10(15)4-3-9-17-12/h3-4,9H,5-8,16H2,1-2H3. The van der Waals surface area contributed by atoms with Crippen LogP contribution in [0, 0.1) is 5.41 Å². The van der Waals surface area contributed by atoms with Crippen LogP contribution in [0.3, 0.4) is 0 Å². The van der Waals surface area contributed by atoms with Crippen LogP contribution < -0.4 is 5.73 Å². The van der Waals surface area contributed by atoms with E-state index in [4.69, 9.17) is 10.3 Å². The number of aryl methyl sites for hydroxylation is 1. The summed E-state index contributed by atoms with van der Waals surface area (Å²) in [5, 5.41) is 3.99. The molecule has 0 aliphatic heterocycles. The molecule has 5 nitrogen and oxygen atoms in total. The van der Waals surface area contributed by atoms with E-state index in [9.17, 15) is 0 Å². The highest BCUT2D eigenvalue weighted by atomic mass is 79.9. The summed E-state index contributed by atoms with van der Waals surface area (Å²) in [7, 11) is 0. The van der Waals surface area contributed by atoms with Crippen molar-refractivity contribution in [1.29, 1.82) is 0 Å². The molecular weight excluding hydrogens is 320 g/mol. The molecular formula is C14H19BrN4O. The van der Waals surface area contributed by atoms with Crippen LogP contribution in [0.25, 0.3) is 11.5 Å². The van der Waals surface area contributed by atoms with Gasteiger partial charge in [0.25, 0.3) is 0 Å². The molecule has 2 aromatic heterocycles. The monoisotopic (exact) mass is 338 g/mol. The topological polar surface area (TPSA) is 77.8 Å². The highest BCUT2D eigenvalue weighted by molar-refractivity contribution is 9.10. The number of halogens is 1. The van der Waals surface area contributed by atoms with E-state index < -0.39 is 0 Å². The summed E-state index contributed by atoms with van der Waals surface area (Å²) in [5.41, 5.74) is 6.50. The van der Waals surface area contributed by atoms with Gasteiger partial charge >= 0.3 is 0 Å². The van der Waals surface area contributed by atoms with Crippen LogP contribution in [0.1, 0.15) is 32.6 Å². The predicted octanol–water partition coefficient (Wildman–Crippen LogP) is 3.20. The average molecular weight is 339 g/mol. The second-order valence-corrected chi connectivity index (χ2v) is 6.40. The van der Waals surface area contributed by atoms with Gasteiger partial charge in [0.2, 0.25) is 11.7 Å². The van der Waals surface area contributed by atoms with Crippen LogP contribution in [0.2, 0.25) is 0 Å². The van der Waals surface area contributed by atoms with Crippen molar-refractivity contribution in [3.63, 3.8) is 0 Å². The first kappa shape index (κ1) is 15.1. The molecule has 0 atom stereocenters. The highest BCUT2D eigenvalue weighted by Gasteiger charge is 2.19. The summed E-state index contributed by atoms with van der Waals surface area (Å²) in [6.45, 7) is 5.10. The number of nitrogens with zero attached hydrogens (tertiary/aromatic N) is 3. The smallest absolute Gasteiger partial charge is 0.227 e. The van der Waals surface area contributed by atoms with E-state index in [1.54, 1.807) is 6.20 Å². The molecule has 108 valence electrons. The average Bonchev–Trinajstić information content (AvgIpc) is 2.86. The Morgan fingerprint density at radius 1 is 1.35 bits per heavy atom. The van der Waals surface area contributed by atoms with E-state index in [1.807, 2.05) is 12.1 Å². The largest absolute Gasteiger partial charge is 0.339 e. The van der Waals surface area contributed by atoms with E-state index in [2.05, 4.69) is 44.9 Å². The number of hydrogen-bond acceptors (Lipinski definition) is 5. The quantitative estimate of drug-likeness (QED) is 0.874. The van der Waals surface area contributed by atoms with E-state index in [1.165, 1.54) is 0 Å². The van der Waals surface area contributed by atoms with Gasteiger partial charge in [-0.25, -0.2) is 0 Å². The normalized spacial score (nSPS) is 11.8. The van der Waals surface area contributed by atoms with Crippen molar-refractivity contribution >= 4 is 15.9 Å². The molecule has 2 N–H and O–H groups in total. The van der Waals surface area contributed by atoms with Crippen molar-refractivity contribution in [2.75, 3.05) is 6.54 Å². The van der Waals surface area contributed by atoms with Crippen LogP contribution >= 0.6 is 15.9 Å². The molecule has 2 heterocycles. The number of hydrogen-bond donors (Lipinski definition) is 1. The minimum atomic E-state index is 0.189. The molecule has 0 spiro atoms. The van der Waals surface area contributed by atoms with Gasteiger partial charge in [-0.15, -0.1) is 0 Å². The van der Waals surface area contributed by atoms with Gasteiger partial charge in [-0.2, -0.15) is 4.98 Å². The van der Waals surface area contributed by atoms with E-state index in [-0.39, 0.29) is 5.41 Å². The third kappa shape index (κ3) is 3.86. The number of rotatable bonds is 6. The van der Waals surface area contributed by atoms with Gasteiger partial charge in [-0.1, -0.05) is 19.0 Å². The summed E-state index contributed by atoms with van der Waals surface area (Å²) < 4.78 is 6.15. The van der Waals surface area contributed by atoms with Gasteiger partial charge in [-0.3, -0.25) is 4.98 Å². The first-order valence-electron chi connectivity index (χ1n) is 6.65. The van der Waals surface area contributed by atoms with Crippen LogP contribution in [0.5, 0.6) is 0 Å². The molecule has 20 heavy (non-hydrogen) atoms. The second-order valence-electron chi connectivity index (χ2n) is 5.55. The van der Waals surface area contributed by atoms with Gasteiger partial charge in [0.15, 0.2) is 0 Å². The first-order chi connectivity index (χ1) is 9.52. The van der Waals surface area contributed by atoms with Crippen molar-refractivity contribution in [3.05, 3.63) is 28.7 Å². The van der Waals surface area contributed by atoms with E-state index >= 15 is 0 Å². The first-order valence-corrected chi connectivity index (χ1v) is 7.45. The Morgan fingerprint density at radius 2 is 2.15 bits per heavy atom. The lowest BCUT2D eigenvalue weighted by molar-refractivity contribution is 0.289. The Kier molecular flexibility index (Phi) is 4.88. The minimum absolute atomic E-state index is 0.189. The zero-order valence-electron chi connectivity index (χ0n) is 11.8. The number of nitrogens with two attached hydrogens (primary N) is 1. The van der Waals surface area contributed by atoms with Gasteiger partial charge in [0, 0.05) is 17.1 Å². The highest BCUT2D eigenvalue weighted by Crippen LogP contribution is 2.27. The Morgan fingerprint density at radius 3 is 2.85 bits per heavy atom. The lowest BCUT2D eigenvalue weighted by atomic mass is 9.84. The summed E-state index contributed by atoms with van der Waals surface area (Å²) in [4.78, 5) is 8.65. The third-order valence-corrected chi connectivity index (χ3v) is 3.92. The van der Waals surface area contributed by atoms with Crippen molar-refractivity contribution in [3.8, 4) is 11.5 Å². The molecule has 0 unspecified atom stereocenters. The molecule has 0 radical (unpaired) electrons. The maximum Gasteiger partial charge on any atom is 0.227 e. The molecule has 0 aromatic carbocycles. The fourth-order valence-electron chi connectivity index (χ4n) is 1.96. The van der Waals surface area contributed by atoms with E-state index in [0.29, 0.717) is 24.0 Å². The summed E-state index contributed by atoms with van der Waals surface area (Å²) in [6.07, 6.45) is 4.42. The summed E-state index contributed by atoms with van der Waals surface area (Å²) in [6, 6.07) is 3.76. The van der Waals surface area contributed by atoms with Gasteiger partial charge < -0.3 is 10.3 Å². The van der Waals surface area contributed by atoms with Crippen molar-refractivity contribution in [2.45, 2.75) is 33.1 Å². The minimum Gasteiger partial charge on any atom is -0.339 e. The molecule has 2 rings (SSSR count). The predicted molar refractivity (Wildman–Crippen MR) is 81.0 cm³/mol. The second kappa shape index (κ2) is 6.45. The van der Waals surface area contributed by atoms with Crippen LogP contribution in [0.15, 0.2) is 27.3 Å². The van der Waals surface area contributed by atoms with Crippen molar-refractivity contribution in [2.24, 2.45) is 11.1 Å². The maximum atomic E-state index is 5.62. The Labute approximate surface area is 127 Å². The van der Waals surface area contributed by atoms with Gasteiger partial charge in [-0.05, 0) is 52.9 Å². The van der Waals surface area contributed by atoms with Crippen LogP contribution in [-0.4, -0.2) is 21.7 Å². The Hall–Kier alpha value is -1.27. The SMILES string of the molecule is CC(C)(CCN)CCc1nc(-c2ncccc2Br)no1. The van der Waals surface area contributed by atoms with Crippen LogP contribution in [0.4, 0.5) is 0 Å². The zero-order chi connectivity index (χ0) is 14.6. The molecule has 0 saturated heterocycles. The van der Waals surface area contributed by atoms with E-state index in [0.717, 1.165) is 23.7 Å². The maximum absolute atomic E-state index is 5.62. The molecule has 0 aliphatic rings. The molecule has 0 bridgehead atoms. The van der Waals surface area contributed by atoms with Gasteiger partial charge in [0.1, 0.15) is 5.69 Å². The van der Waals surface area contributed by atoms with Crippen molar-refractivity contribution in [1.82, 2.24) is 15.1 Å². The molecule has 6 heteroatoms. The number of pyridine rings is 1. The molecule has 0 fully saturated rings. The van der Waals surface area contributed by atoms with Gasteiger partial charge in [0.05, 0.1) is 0 Å². The van der Waals surface area contributed by atoms with Crippen LogP contribution in [-0.2, 0) is 6.42 Å². The summed E-state index contributed by atoms with van der Waals surface area (Å²) >= 11 is 3.44. The molecule has 2 aromatic rings. The number of aromatic nitrogens is 3. The van der Waals surface area contributed by atoms with Crippen molar-refractivity contribution < 1.29 is 4.52 Å². The summed E-state index contributed by atoms with van der Waals surface area (Å²) in [5.74, 6) is 1.16. The Bertz CT molecular complexity index is 568. The molecule has 0 amide bonds. The lowest BCUT2D eigenvalue weighted by Gasteiger charge is -2.22. The molecule has 0 aliphatic carbocycles. The molecule has 0 saturated carbocycles. The Balaban J connectivity index is 2.05. The zero-order valence-corrected chi connectivity index (χ0v) is 13.4. The lowest BCUT2D eigenvalue weighted by Crippen LogP contribution is -2.17. The fourth-order valence-corrected chi connectivity index (χ4v) is 2.40.